The van der Waals surface area contributed by atoms with Crippen molar-refractivity contribution in [2.45, 2.75) is 44.2 Å². The highest BCUT2D eigenvalue weighted by Gasteiger charge is 2.35. The van der Waals surface area contributed by atoms with Crippen LogP contribution in [0.3, 0.4) is 0 Å². The van der Waals surface area contributed by atoms with E-state index in [1.807, 2.05) is 17.7 Å². The number of amides is 1. The molecule has 0 aromatic carbocycles. The van der Waals surface area contributed by atoms with Crippen molar-refractivity contribution in [1.29, 1.82) is 0 Å². The Morgan fingerprint density at radius 3 is 3.00 bits per heavy atom. The van der Waals surface area contributed by atoms with Crippen LogP contribution in [0.1, 0.15) is 48.2 Å². The van der Waals surface area contributed by atoms with Crippen molar-refractivity contribution < 1.29 is 14.3 Å². The van der Waals surface area contributed by atoms with Gasteiger partial charge in [-0.3, -0.25) is 4.79 Å². The highest BCUT2D eigenvalue weighted by Crippen LogP contribution is 2.40. The lowest BCUT2D eigenvalue weighted by Gasteiger charge is -2.25. The van der Waals surface area contributed by atoms with Crippen LogP contribution < -0.4 is 5.32 Å². The molecule has 0 radical (unpaired) electrons. The lowest BCUT2D eigenvalue weighted by atomic mass is 10.0. The van der Waals surface area contributed by atoms with E-state index < -0.39 is 5.60 Å². The maximum atomic E-state index is 12.9. The molecule has 1 atom stereocenters. The molecule has 2 aromatic rings. The minimum Gasteiger partial charge on any atom is -0.378 e. The zero-order valence-electron chi connectivity index (χ0n) is 14.7. The predicted octanol–water partition coefficient (Wildman–Crippen LogP) is 1.86. The van der Waals surface area contributed by atoms with Crippen LogP contribution in [0.5, 0.6) is 0 Å². The smallest absolute Gasteiger partial charge is 0.252 e. The molecular formula is C18H24N4O3. The molecule has 25 heavy (non-hydrogen) atoms. The number of ether oxygens (including phenoxy) is 2. The third kappa shape index (κ3) is 3.02. The number of hydrogen-bond acceptors (Lipinski definition) is 5. The highest BCUT2D eigenvalue weighted by atomic mass is 16.5. The molecule has 1 unspecified atom stereocenters. The molecule has 1 saturated carbocycles. The first-order chi connectivity index (χ1) is 12.2. The molecule has 3 heterocycles. The molecule has 2 aliphatic rings. The number of carbonyl (C=O) groups is 1. The summed E-state index contributed by atoms with van der Waals surface area (Å²) in [4.78, 5) is 17.6. The first-order valence-electron chi connectivity index (χ1n) is 8.93. The van der Waals surface area contributed by atoms with Gasteiger partial charge in [-0.05, 0) is 25.8 Å². The van der Waals surface area contributed by atoms with E-state index in [9.17, 15) is 4.79 Å². The van der Waals surface area contributed by atoms with Crippen LogP contribution in [0, 0.1) is 0 Å². The van der Waals surface area contributed by atoms with Gasteiger partial charge in [-0.25, -0.2) is 9.67 Å². The van der Waals surface area contributed by atoms with Gasteiger partial charge in [-0.1, -0.05) is 0 Å². The Hall–Kier alpha value is -1.99. The van der Waals surface area contributed by atoms with E-state index in [1.165, 1.54) is 0 Å². The first-order valence-corrected chi connectivity index (χ1v) is 8.93. The average molecular weight is 344 g/mol. The summed E-state index contributed by atoms with van der Waals surface area (Å²) in [5.74, 6) is 0.373. The van der Waals surface area contributed by atoms with Crippen LogP contribution in [0.25, 0.3) is 11.0 Å². The van der Waals surface area contributed by atoms with Crippen LogP contribution in [0.15, 0.2) is 12.3 Å². The summed E-state index contributed by atoms with van der Waals surface area (Å²) >= 11 is 0. The Bertz CT molecular complexity index is 791. The minimum absolute atomic E-state index is 0.103. The molecule has 1 aliphatic carbocycles. The molecule has 7 heteroatoms. The largest absolute Gasteiger partial charge is 0.378 e. The molecule has 1 saturated heterocycles. The molecule has 134 valence electrons. The van der Waals surface area contributed by atoms with Crippen LogP contribution >= 0.6 is 0 Å². The molecular weight excluding hydrogens is 320 g/mol. The summed E-state index contributed by atoms with van der Waals surface area (Å²) in [6.07, 6.45) is 4.81. The van der Waals surface area contributed by atoms with E-state index in [1.54, 1.807) is 13.3 Å². The molecule has 2 fully saturated rings. The lowest BCUT2D eigenvalue weighted by Crippen LogP contribution is -2.45. The fourth-order valence-corrected chi connectivity index (χ4v) is 3.37. The maximum Gasteiger partial charge on any atom is 0.252 e. The van der Waals surface area contributed by atoms with Gasteiger partial charge in [0.2, 0.25) is 0 Å². The monoisotopic (exact) mass is 344 g/mol. The molecule has 0 bridgehead atoms. The van der Waals surface area contributed by atoms with Crippen molar-refractivity contribution in [1.82, 2.24) is 20.1 Å². The molecule has 1 aliphatic heterocycles. The molecule has 4 rings (SSSR count). The molecule has 7 nitrogen and oxygen atoms in total. The second-order valence-electron chi connectivity index (χ2n) is 6.94. The van der Waals surface area contributed by atoms with E-state index in [0.717, 1.165) is 42.5 Å². The van der Waals surface area contributed by atoms with Crippen molar-refractivity contribution in [3.63, 3.8) is 0 Å². The van der Waals surface area contributed by atoms with Crippen LogP contribution in [0.4, 0.5) is 0 Å². The fourth-order valence-electron chi connectivity index (χ4n) is 3.37. The number of rotatable bonds is 6. The Morgan fingerprint density at radius 1 is 1.52 bits per heavy atom. The number of nitrogens with zero attached hydrogens (tertiary/aromatic N) is 3. The summed E-state index contributed by atoms with van der Waals surface area (Å²) < 4.78 is 12.9. The van der Waals surface area contributed by atoms with Crippen LogP contribution in [-0.4, -0.2) is 53.1 Å². The number of hydrogen-bond donors (Lipinski definition) is 1. The van der Waals surface area contributed by atoms with Crippen molar-refractivity contribution in [2.75, 3.05) is 26.9 Å². The summed E-state index contributed by atoms with van der Waals surface area (Å²) in [7, 11) is 1.67. The summed E-state index contributed by atoms with van der Waals surface area (Å²) in [6.45, 7) is 4.37. The third-order valence-corrected chi connectivity index (χ3v) is 5.24. The second kappa shape index (κ2) is 6.38. The lowest BCUT2D eigenvalue weighted by molar-refractivity contribution is -0.0148. The number of pyridine rings is 1. The van der Waals surface area contributed by atoms with Crippen molar-refractivity contribution in [2.24, 2.45) is 0 Å². The Balaban J connectivity index is 1.63. The summed E-state index contributed by atoms with van der Waals surface area (Å²) in [6, 6.07) is 1.93. The van der Waals surface area contributed by atoms with Gasteiger partial charge in [0.25, 0.3) is 5.91 Å². The normalized spacial score (nSPS) is 23.3. The molecule has 1 amide bonds. The van der Waals surface area contributed by atoms with Gasteiger partial charge in [0, 0.05) is 44.8 Å². The Kier molecular flexibility index (Phi) is 4.21. The van der Waals surface area contributed by atoms with Gasteiger partial charge in [0.05, 0.1) is 23.8 Å². The van der Waals surface area contributed by atoms with E-state index in [4.69, 9.17) is 14.5 Å². The van der Waals surface area contributed by atoms with Crippen molar-refractivity contribution in [3.8, 4) is 0 Å². The Labute approximate surface area is 146 Å². The fraction of sp³-hybridized carbons (Fsp3) is 0.611. The average Bonchev–Trinajstić information content (AvgIpc) is 3.24. The SMILES string of the molecule is CCn1ncc2c(C(=O)NCC3(OC)CCOC3)cc(C3CC3)nc21. The number of methoxy groups -OCH3 is 1. The van der Waals surface area contributed by atoms with E-state index >= 15 is 0 Å². The zero-order valence-corrected chi connectivity index (χ0v) is 14.7. The first kappa shape index (κ1) is 16.5. The minimum atomic E-state index is -0.422. The number of aryl methyl sites for hydroxylation is 1. The summed E-state index contributed by atoms with van der Waals surface area (Å²) in [5.41, 5.74) is 2.02. The van der Waals surface area contributed by atoms with Gasteiger partial charge in [-0.15, -0.1) is 0 Å². The van der Waals surface area contributed by atoms with Gasteiger partial charge >= 0.3 is 0 Å². The summed E-state index contributed by atoms with van der Waals surface area (Å²) in [5, 5.41) is 8.21. The highest BCUT2D eigenvalue weighted by molar-refractivity contribution is 6.05. The van der Waals surface area contributed by atoms with Crippen molar-refractivity contribution >= 4 is 16.9 Å². The van der Waals surface area contributed by atoms with Crippen LogP contribution in [0.2, 0.25) is 0 Å². The van der Waals surface area contributed by atoms with Crippen LogP contribution in [-0.2, 0) is 16.0 Å². The van der Waals surface area contributed by atoms with Gasteiger partial charge < -0.3 is 14.8 Å². The number of aromatic nitrogens is 3. The van der Waals surface area contributed by atoms with Gasteiger partial charge in [-0.2, -0.15) is 5.10 Å². The quantitative estimate of drug-likeness (QED) is 0.865. The number of fused-ring (bicyclic) bond motifs is 1. The molecule has 1 N–H and O–H groups in total. The second-order valence-corrected chi connectivity index (χ2v) is 6.94. The van der Waals surface area contributed by atoms with E-state index in [0.29, 0.717) is 31.2 Å². The van der Waals surface area contributed by atoms with E-state index in [-0.39, 0.29) is 5.91 Å². The third-order valence-electron chi connectivity index (χ3n) is 5.24. The number of nitrogens with one attached hydrogen (secondary N) is 1. The maximum absolute atomic E-state index is 12.9. The van der Waals surface area contributed by atoms with Crippen molar-refractivity contribution in [3.05, 3.63) is 23.5 Å². The topological polar surface area (TPSA) is 78.3 Å². The molecule has 2 aromatic heterocycles. The van der Waals surface area contributed by atoms with Gasteiger partial charge in [0.1, 0.15) is 5.60 Å². The van der Waals surface area contributed by atoms with Gasteiger partial charge in [0.15, 0.2) is 5.65 Å². The predicted molar refractivity (Wildman–Crippen MR) is 92.7 cm³/mol. The Morgan fingerprint density at radius 2 is 2.36 bits per heavy atom. The van der Waals surface area contributed by atoms with E-state index in [2.05, 4.69) is 10.4 Å². The number of carbonyl (C=O) groups excluding carboxylic acids is 1. The molecule has 0 spiro atoms. The standard InChI is InChI=1S/C18H24N4O3/c1-3-22-16-14(9-20-22)13(8-15(21-16)12-4-5-12)17(23)19-10-18(24-2)6-7-25-11-18/h8-9,12H,3-7,10-11H2,1-2H3,(H,19,23). The zero-order chi connectivity index (χ0) is 17.4.